The molecule has 1 aliphatic heterocycles. The molecule has 0 aliphatic carbocycles. The second-order valence-electron chi connectivity index (χ2n) is 5.69. The Kier molecular flexibility index (Phi) is 5.30. The monoisotopic (exact) mass is 289 g/mol. The molecule has 0 radical (unpaired) electrons. The summed E-state index contributed by atoms with van der Waals surface area (Å²) in [5.74, 6) is 2.31. The van der Waals surface area contributed by atoms with E-state index < -0.39 is 0 Å². The van der Waals surface area contributed by atoms with Crippen molar-refractivity contribution >= 4 is 17.7 Å². The van der Waals surface area contributed by atoms with E-state index in [0.29, 0.717) is 24.3 Å². The molecule has 20 heavy (non-hydrogen) atoms. The SMILES string of the molecule is C=CCN1C[C@H](CSc2ccccc2)[C@@H](C(C)C)C1=O. The lowest BCUT2D eigenvalue weighted by atomic mass is 9.87. The molecule has 2 nitrogen and oxygen atoms in total. The molecular formula is C17H23NOS. The Morgan fingerprint density at radius 3 is 2.70 bits per heavy atom. The van der Waals surface area contributed by atoms with Crippen LogP contribution >= 0.6 is 11.8 Å². The number of benzene rings is 1. The third kappa shape index (κ3) is 3.45. The van der Waals surface area contributed by atoms with Gasteiger partial charge in [-0.05, 0) is 24.0 Å². The highest BCUT2D eigenvalue weighted by molar-refractivity contribution is 7.99. The number of amides is 1. The topological polar surface area (TPSA) is 20.3 Å². The van der Waals surface area contributed by atoms with Gasteiger partial charge >= 0.3 is 0 Å². The van der Waals surface area contributed by atoms with E-state index in [0.717, 1.165) is 12.3 Å². The summed E-state index contributed by atoms with van der Waals surface area (Å²) in [6, 6.07) is 10.4. The summed E-state index contributed by atoms with van der Waals surface area (Å²) in [5.41, 5.74) is 0. The molecule has 3 heteroatoms. The smallest absolute Gasteiger partial charge is 0.226 e. The van der Waals surface area contributed by atoms with Crippen molar-refractivity contribution in [1.29, 1.82) is 0 Å². The van der Waals surface area contributed by atoms with E-state index in [4.69, 9.17) is 0 Å². The molecule has 0 N–H and O–H groups in total. The van der Waals surface area contributed by atoms with Gasteiger partial charge in [0, 0.05) is 29.7 Å². The molecule has 0 spiro atoms. The standard InChI is InChI=1S/C17H23NOS/c1-4-10-18-11-14(16(13(2)3)17(18)19)12-20-15-8-6-5-7-9-15/h4-9,13-14,16H,1,10-12H2,2-3H3/t14-,16-/m1/s1. The minimum Gasteiger partial charge on any atom is -0.338 e. The van der Waals surface area contributed by atoms with Gasteiger partial charge in [-0.15, -0.1) is 18.3 Å². The Labute approximate surface area is 126 Å². The van der Waals surface area contributed by atoms with E-state index in [-0.39, 0.29) is 5.92 Å². The van der Waals surface area contributed by atoms with E-state index in [1.54, 1.807) is 0 Å². The van der Waals surface area contributed by atoms with E-state index >= 15 is 0 Å². The van der Waals surface area contributed by atoms with Crippen molar-refractivity contribution in [3.05, 3.63) is 43.0 Å². The second kappa shape index (κ2) is 6.98. The zero-order valence-corrected chi connectivity index (χ0v) is 13.1. The molecule has 0 bridgehead atoms. The predicted octanol–water partition coefficient (Wildman–Crippen LogP) is 3.70. The average molecular weight is 289 g/mol. The number of thioether (sulfide) groups is 1. The Bertz CT molecular complexity index is 457. The Morgan fingerprint density at radius 1 is 1.40 bits per heavy atom. The first-order chi connectivity index (χ1) is 9.63. The van der Waals surface area contributed by atoms with Crippen molar-refractivity contribution in [1.82, 2.24) is 4.90 Å². The summed E-state index contributed by atoms with van der Waals surface area (Å²) >= 11 is 1.86. The fourth-order valence-electron chi connectivity index (χ4n) is 2.93. The maximum absolute atomic E-state index is 12.4. The van der Waals surface area contributed by atoms with Gasteiger partial charge in [-0.2, -0.15) is 0 Å². The molecule has 2 rings (SSSR count). The molecule has 2 atom stereocenters. The zero-order valence-electron chi connectivity index (χ0n) is 12.3. The number of carbonyl (C=O) groups excluding carboxylic acids is 1. The molecule has 1 saturated heterocycles. The van der Waals surface area contributed by atoms with Crippen LogP contribution in [0.15, 0.2) is 47.9 Å². The van der Waals surface area contributed by atoms with Gasteiger partial charge in [0.05, 0.1) is 0 Å². The summed E-state index contributed by atoms with van der Waals surface area (Å²) in [6.45, 7) is 9.60. The van der Waals surface area contributed by atoms with Gasteiger partial charge in [-0.25, -0.2) is 0 Å². The van der Waals surface area contributed by atoms with Crippen molar-refractivity contribution in [3.63, 3.8) is 0 Å². The number of hydrogen-bond acceptors (Lipinski definition) is 2. The highest BCUT2D eigenvalue weighted by Crippen LogP contribution is 2.34. The fraction of sp³-hybridized carbons (Fsp3) is 0.471. The van der Waals surface area contributed by atoms with Crippen LogP contribution in [0.4, 0.5) is 0 Å². The minimum atomic E-state index is 0.158. The highest BCUT2D eigenvalue weighted by atomic mass is 32.2. The van der Waals surface area contributed by atoms with Crippen LogP contribution in [-0.4, -0.2) is 29.6 Å². The average Bonchev–Trinajstić information content (AvgIpc) is 2.75. The summed E-state index contributed by atoms with van der Waals surface area (Å²) in [6.07, 6.45) is 1.82. The van der Waals surface area contributed by atoms with Crippen LogP contribution in [0, 0.1) is 17.8 Å². The summed E-state index contributed by atoms with van der Waals surface area (Å²) in [7, 11) is 0. The van der Waals surface area contributed by atoms with Gasteiger partial charge in [-0.1, -0.05) is 38.1 Å². The molecule has 1 heterocycles. The van der Waals surface area contributed by atoms with Gasteiger partial charge in [0.2, 0.25) is 5.91 Å². The Morgan fingerprint density at radius 2 is 2.10 bits per heavy atom. The largest absolute Gasteiger partial charge is 0.338 e. The molecule has 1 amide bonds. The van der Waals surface area contributed by atoms with Gasteiger partial charge in [0.1, 0.15) is 0 Å². The first kappa shape index (κ1) is 15.2. The van der Waals surface area contributed by atoms with Crippen LogP contribution in [0.2, 0.25) is 0 Å². The third-order valence-corrected chi connectivity index (χ3v) is 5.03. The molecule has 1 aromatic carbocycles. The Hall–Kier alpha value is -1.22. The predicted molar refractivity (Wildman–Crippen MR) is 85.8 cm³/mol. The van der Waals surface area contributed by atoms with Crippen molar-refractivity contribution in [3.8, 4) is 0 Å². The van der Waals surface area contributed by atoms with Crippen LogP contribution < -0.4 is 0 Å². The van der Waals surface area contributed by atoms with Gasteiger partial charge in [0.15, 0.2) is 0 Å². The first-order valence-corrected chi connectivity index (χ1v) is 8.19. The molecular weight excluding hydrogens is 266 g/mol. The van der Waals surface area contributed by atoms with E-state index in [1.807, 2.05) is 28.8 Å². The normalized spacial score (nSPS) is 22.6. The van der Waals surface area contributed by atoms with Crippen molar-refractivity contribution in [2.75, 3.05) is 18.8 Å². The molecule has 1 fully saturated rings. The van der Waals surface area contributed by atoms with Crippen molar-refractivity contribution in [2.45, 2.75) is 18.7 Å². The van der Waals surface area contributed by atoms with Gasteiger partial charge in [-0.3, -0.25) is 4.79 Å². The maximum Gasteiger partial charge on any atom is 0.226 e. The molecule has 0 aromatic heterocycles. The fourth-order valence-corrected chi connectivity index (χ4v) is 3.99. The zero-order chi connectivity index (χ0) is 14.5. The molecule has 1 aliphatic rings. The number of likely N-dealkylation sites (tertiary alicyclic amines) is 1. The Balaban J connectivity index is 2.01. The van der Waals surface area contributed by atoms with Crippen LogP contribution in [-0.2, 0) is 4.79 Å². The number of carbonyl (C=O) groups is 1. The van der Waals surface area contributed by atoms with Crippen LogP contribution in [0.5, 0.6) is 0 Å². The van der Waals surface area contributed by atoms with E-state index in [1.165, 1.54) is 4.90 Å². The summed E-state index contributed by atoms with van der Waals surface area (Å²) in [5, 5.41) is 0. The van der Waals surface area contributed by atoms with Crippen molar-refractivity contribution < 1.29 is 4.79 Å². The molecule has 0 unspecified atom stereocenters. The summed E-state index contributed by atoms with van der Waals surface area (Å²) in [4.78, 5) is 15.7. The van der Waals surface area contributed by atoms with Crippen LogP contribution in [0.25, 0.3) is 0 Å². The summed E-state index contributed by atoms with van der Waals surface area (Å²) < 4.78 is 0. The highest BCUT2D eigenvalue weighted by Gasteiger charge is 2.41. The number of hydrogen-bond donors (Lipinski definition) is 0. The molecule has 1 aromatic rings. The number of rotatable bonds is 6. The first-order valence-electron chi connectivity index (χ1n) is 7.21. The van der Waals surface area contributed by atoms with Crippen LogP contribution in [0.1, 0.15) is 13.8 Å². The molecule has 108 valence electrons. The van der Waals surface area contributed by atoms with Gasteiger partial charge < -0.3 is 4.90 Å². The minimum absolute atomic E-state index is 0.158. The maximum atomic E-state index is 12.4. The lowest BCUT2D eigenvalue weighted by Gasteiger charge is -2.19. The quantitative estimate of drug-likeness (QED) is 0.588. The van der Waals surface area contributed by atoms with Gasteiger partial charge in [0.25, 0.3) is 0 Å². The number of nitrogens with zero attached hydrogens (tertiary/aromatic N) is 1. The van der Waals surface area contributed by atoms with E-state index in [2.05, 4.69) is 44.7 Å². The van der Waals surface area contributed by atoms with Crippen molar-refractivity contribution in [2.24, 2.45) is 17.8 Å². The lowest BCUT2D eigenvalue weighted by Crippen LogP contribution is -2.29. The molecule has 0 saturated carbocycles. The second-order valence-corrected chi connectivity index (χ2v) is 6.78. The lowest BCUT2D eigenvalue weighted by molar-refractivity contribution is -0.131. The van der Waals surface area contributed by atoms with Crippen LogP contribution in [0.3, 0.4) is 0 Å². The van der Waals surface area contributed by atoms with E-state index in [9.17, 15) is 4.79 Å². The third-order valence-electron chi connectivity index (χ3n) is 3.83.